The molecule has 0 heterocycles. The third-order valence-corrected chi connectivity index (χ3v) is 4.58. The van der Waals surface area contributed by atoms with E-state index in [1.54, 1.807) is 6.92 Å². The second kappa shape index (κ2) is 11.1. The summed E-state index contributed by atoms with van der Waals surface area (Å²) in [7, 11) is 0. The Kier molecular flexibility index (Phi) is 8.79. The van der Waals surface area contributed by atoms with Crippen LogP contribution in [0.4, 0.5) is 0 Å². The van der Waals surface area contributed by atoms with Crippen LogP contribution in [0.25, 0.3) is 11.1 Å². The van der Waals surface area contributed by atoms with Gasteiger partial charge in [0.05, 0.1) is 19.1 Å². The van der Waals surface area contributed by atoms with Gasteiger partial charge in [-0.05, 0) is 55.5 Å². The lowest BCUT2D eigenvalue weighted by atomic mass is 9.95. The van der Waals surface area contributed by atoms with Crippen LogP contribution in [-0.4, -0.2) is 31.8 Å². The predicted octanol–water partition coefficient (Wildman–Crippen LogP) is 4.48. The molecule has 2 aromatic rings. The van der Waals surface area contributed by atoms with Crippen LogP contribution in [0.15, 0.2) is 48.5 Å². The molecule has 0 saturated carbocycles. The highest BCUT2D eigenvalue weighted by Gasteiger charge is 2.23. The molecule has 2 aromatic carbocycles. The number of rotatable bonds is 10. The van der Waals surface area contributed by atoms with Crippen molar-refractivity contribution in [3.8, 4) is 11.1 Å². The van der Waals surface area contributed by atoms with E-state index in [-0.39, 0.29) is 17.9 Å². The maximum absolute atomic E-state index is 12.1. The van der Waals surface area contributed by atoms with Gasteiger partial charge in [0.1, 0.15) is 0 Å². The summed E-state index contributed by atoms with van der Waals surface area (Å²) in [5.74, 6) is -0.566. The van der Waals surface area contributed by atoms with E-state index in [0.29, 0.717) is 32.7 Å². The number of esters is 1. The van der Waals surface area contributed by atoms with Crippen LogP contribution >= 0.6 is 11.6 Å². The van der Waals surface area contributed by atoms with Gasteiger partial charge in [-0.1, -0.05) is 48.0 Å². The highest BCUT2D eigenvalue weighted by Crippen LogP contribution is 2.23. The fourth-order valence-electron chi connectivity index (χ4n) is 3.01. The van der Waals surface area contributed by atoms with Gasteiger partial charge in [0.15, 0.2) is 0 Å². The average molecular weight is 390 g/mol. The lowest BCUT2D eigenvalue weighted by Crippen LogP contribution is -2.32. The van der Waals surface area contributed by atoms with Gasteiger partial charge in [-0.2, -0.15) is 0 Å². The molecule has 0 amide bonds. The maximum Gasteiger partial charge on any atom is 0.311 e. The third-order valence-electron chi connectivity index (χ3n) is 4.34. The highest BCUT2D eigenvalue weighted by molar-refractivity contribution is 6.30. The number of hydrogen-bond donors (Lipinski definition) is 1. The molecule has 0 unspecified atom stereocenters. The minimum absolute atomic E-state index is 0.142. The normalized spacial score (nSPS) is 13.2. The van der Waals surface area contributed by atoms with Crippen molar-refractivity contribution in [2.45, 2.75) is 32.7 Å². The molecule has 0 aliphatic rings. The molecule has 5 heteroatoms. The Labute approximate surface area is 166 Å². The number of ether oxygens (including phenoxy) is 2. The summed E-state index contributed by atoms with van der Waals surface area (Å²) in [6, 6.07) is 15.9. The van der Waals surface area contributed by atoms with Crippen molar-refractivity contribution in [3.05, 3.63) is 59.1 Å². The van der Waals surface area contributed by atoms with E-state index in [4.69, 9.17) is 26.8 Å². The zero-order valence-electron chi connectivity index (χ0n) is 16.0. The fraction of sp³-hybridized carbons (Fsp3) is 0.409. The van der Waals surface area contributed by atoms with Crippen molar-refractivity contribution in [2.24, 2.45) is 11.7 Å². The SMILES string of the molecule is CCOC[C@H](C[C@H](N)Cc1ccc(-c2cccc(Cl)c2)cc1)C(=O)OCC. The van der Waals surface area contributed by atoms with E-state index in [1.807, 2.05) is 31.2 Å². The lowest BCUT2D eigenvalue weighted by molar-refractivity contribution is -0.150. The smallest absolute Gasteiger partial charge is 0.311 e. The Morgan fingerprint density at radius 1 is 1.07 bits per heavy atom. The highest BCUT2D eigenvalue weighted by atomic mass is 35.5. The number of carbonyl (C=O) groups is 1. The van der Waals surface area contributed by atoms with Crippen LogP contribution in [0, 0.1) is 5.92 Å². The lowest BCUT2D eigenvalue weighted by Gasteiger charge is -2.19. The Bertz CT molecular complexity index is 718. The first-order valence-electron chi connectivity index (χ1n) is 9.38. The molecule has 0 radical (unpaired) electrons. The van der Waals surface area contributed by atoms with Crippen molar-refractivity contribution < 1.29 is 14.3 Å². The number of hydrogen-bond acceptors (Lipinski definition) is 4. The van der Waals surface area contributed by atoms with E-state index < -0.39 is 0 Å². The Morgan fingerprint density at radius 3 is 2.44 bits per heavy atom. The second-order valence-electron chi connectivity index (χ2n) is 6.52. The van der Waals surface area contributed by atoms with Crippen molar-refractivity contribution in [2.75, 3.05) is 19.8 Å². The fourth-order valence-corrected chi connectivity index (χ4v) is 3.20. The Hall–Kier alpha value is -1.88. The molecule has 2 atom stereocenters. The van der Waals surface area contributed by atoms with Crippen molar-refractivity contribution in [1.82, 2.24) is 0 Å². The molecule has 2 rings (SSSR count). The molecule has 146 valence electrons. The van der Waals surface area contributed by atoms with Crippen LogP contribution in [0.1, 0.15) is 25.8 Å². The van der Waals surface area contributed by atoms with E-state index in [2.05, 4.69) is 24.3 Å². The summed E-state index contributed by atoms with van der Waals surface area (Å²) in [6.45, 7) is 4.98. The van der Waals surface area contributed by atoms with Gasteiger partial charge in [-0.15, -0.1) is 0 Å². The van der Waals surface area contributed by atoms with Gasteiger partial charge >= 0.3 is 5.97 Å². The quantitative estimate of drug-likeness (QED) is 0.608. The van der Waals surface area contributed by atoms with E-state index in [9.17, 15) is 4.79 Å². The van der Waals surface area contributed by atoms with Crippen LogP contribution in [-0.2, 0) is 20.7 Å². The van der Waals surface area contributed by atoms with Crippen molar-refractivity contribution in [3.63, 3.8) is 0 Å². The van der Waals surface area contributed by atoms with Gasteiger partial charge in [-0.3, -0.25) is 4.79 Å². The second-order valence-corrected chi connectivity index (χ2v) is 6.95. The van der Waals surface area contributed by atoms with E-state index in [0.717, 1.165) is 21.7 Å². The number of carbonyl (C=O) groups excluding carboxylic acids is 1. The summed E-state index contributed by atoms with van der Waals surface area (Å²) in [5, 5.41) is 0.720. The molecular weight excluding hydrogens is 362 g/mol. The largest absolute Gasteiger partial charge is 0.466 e. The standard InChI is InChI=1S/C22H28ClNO3/c1-3-26-15-19(22(25)27-4-2)14-21(24)12-16-8-10-17(11-9-16)18-6-5-7-20(23)13-18/h5-11,13,19,21H,3-4,12,14-15,24H2,1-2H3/t19-,21+/m0/s1. The molecule has 0 aliphatic carbocycles. The molecular formula is C22H28ClNO3. The van der Waals surface area contributed by atoms with E-state index in [1.165, 1.54) is 0 Å². The van der Waals surface area contributed by atoms with Crippen LogP contribution < -0.4 is 5.73 Å². The topological polar surface area (TPSA) is 61.5 Å². The number of nitrogens with two attached hydrogens (primary N) is 1. The first-order valence-corrected chi connectivity index (χ1v) is 9.76. The van der Waals surface area contributed by atoms with Crippen LogP contribution in [0.3, 0.4) is 0 Å². The van der Waals surface area contributed by atoms with Gasteiger partial charge in [0.25, 0.3) is 0 Å². The first kappa shape index (κ1) is 21.4. The number of halogens is 1. The monoisotopic (exact) mass is 389 g/mol. The molecule has 0 saturated heterocycles. The molecule has 0 aromatic heterocycles. The molecule has 0 bridgehead atoms. The summed E-state index contributed by atoms with van der Waals surface area (Å²) < 4.78 is 10.6. The number of benzene rings is 2. The van der Waals surface area contributed by atoms with Gasteiger partial charge in [-0.25, -0.2) is 0 Å². The Balaban J connectivity index is 1.97. The Morgan fingerprint density at radius 2 is 1.81 bits per heavy atom. The average Bonchev–Trinajstić information content (AvgIpc) is 2.66. The molecule has 0 aliphatic heterocycles. The van der Waals surface area contributed by atoms with Gasteiger partial charge < -0.3 is 15.2 Å². The van der Waals surface area contributed by atoms with Crippen molar-refractivity contribution >= 4 is 17.6 Å². The molecule has 2 N–H and O–H groups in total. The summed E-state index contributed by atoms with van der Waals surface area (Å²) in [6.07, 6.45) is 1.23. The summed E-state index contributed by atoms with van der Waals surface area (Å²) >= 11 is 6.06. The van der Waals surface area contributed by atoms with Crippen LogP contribution in [0.5, 0.6) is 0 Å². The zero-order valence-corrected chi connectivity index (χ0v) is 16.7. The van der Waals surface area contributed by atoms with Gasteiger partial charge in [0.2, 0.25) is 0 Å². The first-order chi connectivity index (χ1) is 13.0. The van der Waals surface area contributed by atoms with E-state index >= 15 is 0 Å². The molecule has 0 fully saturated rings. The summed E-state index contributed by atoms with van der Waals surface area (Å²) in [4.78, 5) is 12.1. The van der Waals surface area contributed by atoms with Crippen molar-refractivity contribution in [1.29, 1.82) is 0 Å². The maximum atomic E-state index is 12.1. The minimum atomic E-state index is -0.328. The predicted molar refractivity (Wildman–Crippen MR) is 110 cm³/mol. The molecule has 4 nitrogen and oxygen atoms in total. The zero-order chi connectivity index (χ0) is 19.6. The summed E-state index contributed by atoms with van der Waals surface area (Å²) in [5.41, 5.74) is 9.62. The molecule has 0 spiro atoms. The van der Waals surface area contributed by atoms with Crippen LogP contribution in [0.2, 0.25) is 5.02 Å². The molecule has 27 heavy (non-hydrogen) atoms. The minimum Gasteiger partial charge on any atom is -0.466 e. The third kappa shape index (κ3) is 6.98. The van der Waals surface area contributed by atoms with Gasteiger partial charge in [0, 0.05) is 17.7 Å².